The van der Waals surface area contributed by atoms with Gasteiger partial charge in [-0.15, -0.1) is 0 Å². The second-order valence-electron chi connectivity index (χ2n) is 2.71. The number of hydrogen-bond donors (Lipinski definition) is 3. The first-order valence-electron chi connectivity index (χ1n) is 3.90. The Bertz CT molecular complexity index is 116. The molecule has 0 spiro atoms. The molecule has 0 unspecified atom stereocenters. The fourth-order valence-corrected chi connectivity index (χ4v) is 1.13. The minimum atomic E-state index is 0.124. The van der Waals surface area contributed by atoms with E-state index in [-0.39, 0.29) is 6.04 Å². The lowest BCUT2D eigenvalue weighted by atomic mass is 10.1. The van der Waals surface area contributed by atoms with Crippen LogP contribution >= 0.6 is 12.2 Å². The summed E-state index contributed by atoms with van der Waals surface area (Å²) in [6.07, 6.45) is 3.72. The standard InChI is InChI=1S/C7H17N3S/c8-4-2-1-3-6(9)5-7(10)11/h6H,1-5,8-9H2,(H2,10,11)/t6-/m0/s1. The Morgan fingerprint density at radius 2 is 2.00 bits per heavy atom. The van der Waals surface area contributed by atoms with Crippen LogP contribution in [0.15, 0.2) is 0 Å². The first-order valence-corrected chi connectivity index (χ1v) is 4.31. The Morgan fingerprint density at radius 1 is 1.36 bits per heavy atom. The summed E-state index contributed by atoms with van der Waals surface area (Å²) in [6.45, 7) is 0.736. The largest absolute Gasteiger partial charge is 0.393 e. The third-order valence-corrected chi connectivity index (χ3v) is 1.66. The van der Waals surface area contributed by atoms with Crippen molar-refractivity contribution in [3.8, 4) is 0 Å². The normalized spacial score (nSPS) is 12.9. The van der Waals surface area contributed by atoms with E-state index < -0.39 is 0 Å². The van der Waals surface area contributed by atoms with Gasteiger partial charge in [-0.05, 0) is 19.4 Å². The molecule has 0 radical (unpaired) electrons. The molecule has 0 aromatic carbocycles. The van der Waals surface area contributed by atoms with Crippen LogP contribution in [0.4, 0.5) is 0 Å². The van der Waals surface area contributed by atoms with Crippen molar-refractivity contribution in [2.75, 3.05) is 6.54 Å². The molecular formula is C7H17N3S. The number of rotatable bonds is 6. The molecule has 0 heterocycles. The van der Waals surface area contributed by atoms with Crippen LogP contribution in [0.3, 0.4) is 0 Å². The summed E-state index contributed by atoms with van der Waals surface area (Å²) < 4.78 is 0. The van der Waals surface area contributed by atoms with Gasteiger partial charge in [-0.1, -0.05) is 18.6 Å². The zero-order valence-corrected chi connectivity index (χ0v) is 7.57. The van der Waals surface area contributed by atoms with Crippen molar-refractivity contribution in [3.05, 3.63) is 0 Å². The fraction of sp³-hybridized carbons (Fsp3) is 0.857. The highest BCUT2D eigenvalue weighted by molar-refractivity contribution is 7.80. The van der Waals surface area contributed by atoms with Crippen LogP contribution in [0.5, 0.6) is 0 Å². The first-order chi connectivity index (χ1) is 5.16. The monoisotopic (exact) mass is 175 g/mol. The molecule has 0 aliphatic carbocycles. The van der Waals surface area contributed by atoms with E-state index in [0.29, 0.717) is 11.4 Å². The molecule has 3 nitrogen and oxygen atoms in total. The molecular weight excluding hydrogens is 158 g/mol. The quantitative estimate of drug-likeness (QED) is 0.396. The molecule has 6 N–H and O–H groups in total. The summed E-state index contributed by atoms with van der Waals surface area (Å²) in [5, 5.41) is 0. The van der Waals surface area contributed by atoms with Crippen LogP contribution in [0.2, 0.25) is 0 Å². The van der Waals surface area contributed by atoms with E-state index in [1.165, 1.54) is 0 Å². The average molecular weight is 175 g/mol. The lowest BCUT2D eigenvalue weighted by Gasteiger charge is -2.08. The Morgan fingerprint density at radius 3 is 2.45 bits per heavy atom. The molecule has 66 valence electrons. The maximum absolute atomic E-state index is 5.71. The Kier molecular flexibility index (Phi) is 6.40. The molecule has 0 aliphatic heterocycles. The van der Waals surface area contributed by atoms with E-state index in [0.717, 1.165) is 25.8 Å². The molecule has 0 saturated heterocycles. The maximum Gasteiger partial charge on any atom is 0.0742 e. The van der Waals surface area contributed by atoms with Gasteiger partial charge in [-0.3, -0.25) is 0 Å². The van der Waals surface area contributed by atoms with Gasteiger partial charge in [0.05, 0.1) is 4.99 Å². The molecule has 0 saturated carbocycles. The van der Waals surface area contributed by atoms with Gasteiger partial charge in [0.25, 0.3) is 0 Å². The van der Waals surface area contributed by atoms with E-state index in [1.54, 1.807) is 0 Å². The molecule has 0 aliphatic rings. The summed E-state index contributed by atoms with van der Waals surface area (Å²) in [6, 6.07) is 0.124. The minimum absolute atomic E-state index is 0.124. The predicted octanol–water partition coefficient (Wildman–Crippen LogP) is 0.119. The van der Waals surface area contributed by atoms with Crippen molar-refractivity contribution >= 4 is 17.2 Å². The number of unbranched alkanes of at least 4 members (excludes halogenated alkanes) is 1. The van der Waals surface area contributed by atoms with Gasteiger partial charge in [0.1, 0.15) is 0 Å². The molecule has 0 amide bonds. The van der Waals surface area contributed by atoms with Crippen molar-refractivity contribution in [1.29, 1.82) is 0 Å². The van der Waals surface area contributed by atoms with E-state index in [1.807, 2.05) is 0 Å². The van der Waals surface area contributed by atoms with Crippen molar-refractivity contribution in [3.63, 3.8) is 0 Å². The second-order valence-corrected chi connectivity index (χ2v) is 3.24. The lowest BCUT2D eigenvalue weighted by molar-refractivity contribution is 0.582. The highest BCUT2D eigenvalue weighted by Crippen LogP contribution is 2.01. The van der Waals surface area contributed by atoms with Crippen LogP contribution in [-0.4, -0.2) is 17.6 Å². The molecule has 4 heteroatoms. The SMILES string of the molecule is NCCCC[C@H](N)CC(N)=S. The second kappa shape index (κ2) is 6.52. The summed E-state index contributed by atoms with van der Waals surface area (Å²) in [5.41, 5.74) is 16.4. The summed E-state index contributed by atoms with van der Waals surface area (Å²) >= 11 is 4.72. The molecule has 0 rings (SSSR count). The van der Waals surface area contributed by atoms with Crippen molar-refractivity contribution < 1.29 is 0 Å². The first kappa shape index (κ1) is 10.8. The third kappa shape index (κ3) is 7.71. The molecule has 0 aromatic heterocycles. The van der Waals surface area contributed by atoms with E-state index >= 15 is 0 Å². The van der Waals surface area contributed by atoms with Crippen LogP contribution in [0, 0.1) is 0 Å². The van der Waals surface area contributed by atoms with Crippen molar-refractivity contribution in [2.24, 2.45) is 17.2 Å². The zero-order chi connectivity index (χ0) is 8.69. The minimum Gasteiger partial charge on any atom is -0.393 e. The van der Waals surface area contributed by atoms with E-state index in [4.69, 9.17) is 29.4 Å². The van der Waals surface area contributed by atoms with Gasteiger partial charge in [-0.25, -0.2) is 0 Å². The summed E-state index contributed by atoms with van der Waals surface area (Å²) in [5.74, 6) is 0. The average Bonchev–Trinajstić information content (AvgIpc) is 1.86. The third-order valence-electron chi connectivity index (χ3n) is 1.49. The van der Waals surface area contributed by atoms with Gasteiger partial charge in [0, 0.05) is 12.5 Å². The zero-order valence-electron chi connectivity index (χ0n) is 6.75. The van der Waals surface area contributed by atoms with Gasteiger partial charge < -0.3 is 17.2 Å². The Labute approximate surface area is 73.3 Å². The van der Waals surface area contributed by atoms with Crippen LogP contribution < -0.4 is 17.2 Å². The van der Waals surface area contributed by atoms with Gasteiger partial charge in [-0.2, -0.15) is 0 Å². The molecule has 11 heavy (non-hydrogen) atoms. The molecule has 0 bridgehead atoms. The highest BCUT2D eigenvalue weighted by Gasteiger charge is 2.02. The molecule has 0 fully saturated rings. The maximum atomic E-state index is 5.71. The Hall–Kier alpha value is -0.190. The Balaban J connectivity index is 3.22. The predicted molar refractivity (Wildman–Crippen MR) is 52.3 cm³/mol. The molecule has 1 atom stereocenters. The van der Waals surface area contributed by atoms with Gasteiger partial charge in [0.15, 0.2) is 0 Å². The number of thiocarbonyl (C=S) groups is 1. The highest BCUT2D eigenvalue weighted by atomic mass is 32.1. The van der Waals surface area contributed by atoms with Crippen molar-refractivity contribution in [1.82, 2.24) is 0 Å². The van der Waals surface area contributed by atoms with Gasteiger partial charge >= 0.3 is 0 Å². The van der Waals surface area contributed by atoms with Crippen LogP contribution in [0.1, 0.15) is 25.7 Å². The van der Waals surface area contributed by atoms with Crippen molar-refractivity contribution in [2.45, 2.75) is 31.7 Å². The lowest BCUT2D eigenvalue weighted by Crippen LogP contribution is -2.26. The topological polar surface area (TPSA) is 78.1 Å². The van der Waals surface area contributed by atoms with E-state index in [9.17, 15) is 0 Å². The molecule has 0 aromatic rings. The number of nitrogens with two attached hydrogens (primary N) is 3. The van der Waals surface area contributed by atoms with Crippen LogP contribution in [-0.2, 0) is 0 Å². The van der Waals surface area contributed by atoms with E-state index in [2.05, 4.69) is 0 Å². The van der Waals surface area contributed by atoms with Gasteiger partial charge in [0.2, 0.25) is 0 Å². The summed E-state index contributed by atoms with van der Waals surface area (Å²) in [4.78, 5) is 0.505. The fourth-order valence-electron chi connectivity index (χ4n) is 0.911. The van der Waals surface area contributed by atoms with Crippen LogP contribution in [0.25, 0.3) is 0 Å². The smallest absolute Gasteiger partial charge is 0.0742 e. The summed E-state index contributed by atoms with van der Waals surface area (Å²) in [7, 11) is 0. The number of hydrogen-bond acceptors (Lipinski definition) is 3.